The molecule has 2 N–H and O–H groups in total. The van der Waals surface area contributed by atoms with Crippen molar-refractivity contribution in [2.75, 3.05) is 11.9 Å². The number of pyridine rings is 1. The Labute approximate surface area is 157 Å². The zero-order valence-corrected chi connectivity index (χ0v) is 15.5. The van der Waals surface area contributed by atoms with Crippen LogP contribution in [0, 0.1) is 0 Å². The fraction of sp³-hybridized carbons (Fsp3) is 0.333. The number of anilines is 1. The van der Waals surface area contributed by atoms with E-state index < -0.39 is 0 Å². The van der Waals surface area contributed by atoms with E-state index in [-0.39, 0.29) is 5.41 Å². The molecule has 1 aliphatic rings. The predicted molar refractivity (Wildman–Crippen MR) is 105 cm³/mol. The maximum Gasteiger partial charge on any atom is 0.170 e. The van der Waals surface area contributed by atoms with Gasteiger partial charge >= 0.3 is 0 Å². The van der Waals surface area contributed by atoms with Gasteiger partial charge in [0.25, 0.3) is 0 Å². The van der Waals surface area contributed by atoms with Crippen molar-refractivity contribution in [1.29, 1.82) is 0 Å². The minimum atomic E-state index is 0.106. The van der Waals surface area contributed by atoms with Gasteiger partial charge in [0.05, 0.1) is 5.69 Å². The molecule has 24 heavy (non-hydrogen) atoms. The normalized spacial score (nSPS) is 15.9. The Bertz CT molecular complexity index is 712. The number of nitrogens with zero attached hydrogens (tertiary/aromatic N) is 1. The van der Waals surface area contributed by atoms with Gasteiger partial charge in [-0.1, -0.05) is 48.2 Å². The van der Waals surface area contributed by atoms with Crippen LogP contribution in [0.1, 0.15) is 31.2 Å². The molecule has 6 heteroatoms. The average molecular weight is 380 g/mol. The zero-order valence-electron chi connectivity index (χ0n) is 13.2. The Morgan fingerprint density at radius 3 is 2.50 bits per heavy atom. The third-order valence-corrected chi connectivity index (χ3v) is 5.41. The van der Waals surface area contributed by atoms with Gasteiger partial charge in [0.15, 0.2) is 10.3 Å². The van der Waals surface area contributed by atoms with Gasteiger partial charge in [-0.05, 0) is 54.9 Å². The number of aromatic nitrogens is 1. The maximum atomic E-state index is 6.06. The lowest BCUT2D eigenvalue weighted by atomic mass is 9.79. The molecule has 0 spiro atoms. The fourth-order valence-corrected chi connectivity index (χ4v) is 3.79. The summed E-state index contributed by atoms with van der Waals surface area (Å²) in [6.07, 6.45) is 6.42. The quantitative estimate of drug-likeness (QED) is 0.566. The van der Waals surface area contributed by atoms with Crippen molar-refractivity contribution in [3.8, 4) is 0 Å². The summed E-state index contributed by atoms with van der Waals surface area (Å²) in [5.41, 5.74) is 2.14. The standard InChI is InChI=1S/C18H19Cl2N3S/c19-14-7-5-13(6-8-14)18(9-1-2-10-18)12-22-17(24)23-15-4-3-11-21-16(15)20/h3-8,11H,1-2,9-10,12H2,(H2,22,23,24). The molecule has 126 valence electrons. The summed E-state index contributed by atoms with van der Waals surface area (Å²) in [4.78, 5) is 4.04. The van der Waals surface area contributed by atoms with E-state index in [1.165, 1.54) is 18.4 Å². The maximum absolute atomic E-state index is 6.06. The van der Waals surface area contributed by atoms with E-state index in [2.05, 4.69) is 27.8 Å². The third-order valence-electron chi connectivity index (χ3n) is 4.61. The molecule has 0 saturated heterocycles. The first kappa shape index (κ1) is 17.5. The Kier molecular flexibility index (Phi) is 5.59. The number of nitrogens with one attached hydrogen (secondary N) is 2. The highest BCUT2D eigenvalue weighted by Gasteiger charge is 2.35. The van der Waals surface area contributed by atoms with Crippen LogP contribution in [0.15, 0.2) is 42.6 Å². The van der Waals surface area contributed by atoms with E-state index in [9.17, 15) is 0 Å². The second kappa shape index (κ2) is 7.68. The summed E-state index contributed by atoms with van der Waals surface area (Å²) in [7, 11) is 0. The molecule has 1 heterocycles. The molecule has 1 fully saturated rings. The van der Waals surface area contributed by atoms with Crippen LogP contribution >= 0.6 is 35.4 Å². The van der Waals surface area contributed by atoms with Gasteiger partial charge in [-0.3, -0.25) is 0 Å². The van der Waals surface area contributed by atoms with Crippen molar-refractivity contribution in [3.05, 3.63) is 58.3 Å². The molecular formula is C18H19Cl2N3S. The molecule has 0 atom stereocenters. The van der Waals surface area contributed by atoms with Crippen molar-refractivity contribution < 1.29 is 0 Å². The topological polar surface area (TPSA) is 37.0 Å². The predicted octanol–water partition coefficient (Wildman–Crippen LogP) is 5.19. The van der Waals surface area contributed by atoms with E-state index in [1.54, 1.807) is 6.20 Å². The van der Waals surface area contributed by atoms with Crippen LogP contribution in [0.4, 0.5) is 5.69 Å². The Hall–Kier alpha value is -1.36. The molecule has 1 aromatic heterocycles. The van der Waals surface area contributed by atoms with Gasteiger partial charge < -0.3 is 10.6 Å². The lowest BCUT2D eigenvalue weighted by Gasteiger charge is -2.30. The highest BCUT2D eigenvalue weighted by atomic mass is 35.5. The fourth-order valence-electron chi connectivity index (χ4n) is 3.32. The average Bonchev–Trinajstić information content (AvgIpc) is 3.06. The first-order valence-corrected chi connectivity index (χ1v) is 9.17. The van der Waals surface area contributed by atoms with Crippen LogP contribution in [0.5, 0.6) is 0 Å². The van der Waals surface area contributed by atoms with E-state index in [0.717, 1.165) is 24.4 Å². The lowest BCUT2D eigenvalue weighted by Crippen LogP contribution is -2.40. The molecule has 3 nitrogen and oxygen atoms in total. The highest BCUT2D eigenvalue weighted by Crippen LogP contribution is 2.41. The van der Waals surface area contributed by atoms with Crippen molar-refractivity contribution in [1.82, 2.24) is 10.3 Å². The van der Waals surface area contributed by atoms with Crippen LogP contribution in [0.2, 0.25) is 10.2 Å². The molecule has 0 aliphatic heterocycles. The SMILES string of the molecule is S=C(NCC1(c2ccc(Cl)cc2)CCCC1)Nc1cccnc1Cl. The molecule has 0 unspecified atom stereocenters. The summed E-state index contributed by atoms with van der Waals surface area (Å²) in [6.45, 7) is 0.790. The highest BCUT2D eigenvalue weighted by molar-refractivity contribution is 7.80. The smallest absolute Gasteiger partial charge is 0.170 e. The summed E-state index contributed by atoms with van der Waals surface area (Å²) in [5, 5.41) is 8.21. The molecule has 3 rings (SSSR count). The zero-order chi connectivity index (χ0) is 17.0. The summed E-state index contributed by atoms with van der Waals surface area (Å²) in [5.74, 6) is 0. The molecule has 1 aromatic carbocycles. The second-order valence-corrected chi connectivity index (χ2v) is 7.35. The molecule has 1 saturated carbocycles. The van der Waals surface area contributed by atoms with Crippen LogP contribution in [0.3, 0.4) is 0 Å². The molecule has 0 bridgehead atoms. The van der Waals surface area contributed by atoms with Crippen LogP contribution in [0.25, 0.3) is 0 Å². The number of hydrogen-bond donors (Lipinski definition) is 2. The molecule has 1 aliphatic carbocycles. The van der Waals surface area contributed by atoms with Crippen LogP contribution < -0.4 is 10.6 Å². The minimum absolute atomic E-state index is 0.106. The Morgan fingerprint density at radius 2 is 1.83 bits per heavy atom. The van der Waals surface area contributed by atoms with Gasteiger partial charge in [-0.15, -0.1) is 0 Å². The monoisotopic (exact) mass is 379 g/mol. The van der Waals surface area contributed by atoms with Gasteiger partial charge in [-0.2, -0.15) is 0 Å². The van der Waals surface area contributed by atoms with Gasteiger partial charge in [0, 0.05) is 23.2 Å². The molecular weight excluding hydrogens is 361 g/mol. The second-order valence-electron chi connectivity index (χ2n) is 6.14. The van der Waals surface area contributed by atoms with Crippen molar-refractivity contribution in [2.24, 2.45) is 0 Å². The molecule has 2 aromatic rings. The number of hydrogen-bond acceptors (Lipinski definition) is 2. The lowest BCUT2D eigenvalue weighted by molar-refractivity contribution is 0.435. The summed E-state index contributed by atoms with van der Waals surface area (Å²) >= 11 is 17.5. The van der Waals surface area contributed by atoms with E-state index in [0.29, 0.717) is 16.0 Å². The Morgan fingerprint density at radius 1 is 1.12 bits per heavy atom. The van der Waals surface area contributed by atoms with Gasteiger partial charge in [0.2, 0.25) is 0 Å². The van der Waals surface area contributed by atoms with Crippen molar-refractivity contribution >= 4 is 46.2 Å². The van der Waals surface area contributed by atoms with Gasteiger partial charge in [0.1, 0.15) is 0 Å². The van der Waals surface area contributed by atoms with E-state index in [4.69, 9.17) is 35.4 Å². The van der Waals surface area contributed by atoms with Gasteiger partial charge in [-0.25, -0.2) is 4.98 Å². The van der Waals surface area contributed by atoms with Crippen LogP contribution in [-0.4, -0.2) is 16.6 Å². The first-order valence-electron chi connectivity index (χ1n) is 8.00. The van der Waals surface area contributed by atoms with E-state index in [1.807, 2.05) is 24.3 Å². The van der Waals surface area contributed by atoms with Crippen LogP contribution in [-0.2, 0) is 5.41 Å². The summed E-state index contributed by atoms with van der Waals surface area (Å²) in [6, 6.07) is 11.9. The third kappa shape index (κ3) is 4.00. The first-order chi connectivity index (χ1) is 11.6. The summed E-state index contributed by atoms with van der Waals surface area (Å²) < 4.78 is 0. The number of benzene rings is 1. The van der Waals surface area contributed by atoms with E-state index >= 15 is 0 Å². The minimum Gasteiger partial charge on any atom is -0.362 e. The van der Waals surface area contributed by atoms with Crippen molar-refractivity contribution in [3.63, 3.8) is 0 Å². The number of thiocarbonyl (C=S) groups is 1. The largest absolute Gasteiger partial charge is 0.362 e. The number of halogens is 2. The van der Waals surface area contributed by atoms with Crippen molar-refractivity contribution in [2.45, 2.75) is 31.1 Å². The number of rotatable bonds is 4. The molecule has 0 radical (unpaired) electrons. The molecule has 0 amide bonds. The Balaban J connectivity index is 1.67.